The summed E-state index contributed by atoms with van der Waals surface area (Å²) in [6, 6.07) is 0. The molecule has 38 valence electrons. The highest BCUT2D eigenvalue weighted by molar-refractivity contribution is 7.75. The zero-order chi connectivity index (χ0) is 4.99. The zero-order valence-corrected chi connectivity index (χ0v) is 6.45. The van der Waals surface area contributed by atoms with E-state index in [0.717, 1.165) is 5.54 Å². The maximum absolute atomic E-state index is 4.64. The van der Waals surface area contributed by atoms with Gasteiger partial charge in [-0.3, -0.25) is 0 Å². The van der Waals surface area contributed by atoms with Crippen molar-refractivity contribution in [1.82, 2.24) is 0 Å². The van der Waals surface area contributed by atoms with Crippen LogP contribution < -0.4 is 0 Å². The van der Waals surface area contributed by atoms with E-state index in [2.05, 4.69) is 30.6 Å². The van der Waals surface area contributed by atoms with Gasteiger partial charge in [-0.1, -0.05) is 13.8 Å². The summed E-state index contributed by atoms with van der Waals surface area (Å²) in [4.78, 5) is 0. The predicted molar refractivity (Wildman–Crippen MR) is 33.7 cm³/mol. The summed E-state index contributed by atoms with van der Waals surface area (Å²) >= 11 is 3.62. The molecule has 6 heavy (non-hydrogen) atoms. The van der Waals surface area contributed by atoms with E-state index in [9.17, 15) is 0 Å². The Kier molecular flexibility index (Phi) is 4.03. The van der Waals surface area contributed by atoms with Gasteiger partial charge in [-0.2, -0.15) is 0 Å². The van der Waals surface area contributed by atoms with Gasteiger partial charge in [0.1, 0.15) is 0 Å². The van der Waals surface area contributed by atoms with Gasteiger partial charge in [0.15, 0.2) is 9.76 Å². The Morgan fingerprint density at radius 2 is 2.17 bits per heavy atom. The molecule has 1 nitrogen and oxygen atoms in total. The summed E-state index contributed by atoms with van der Waals surface area (Å²) in [5.41, 5.74) is 0.738. The summed E-state index contributed by atoms with van der Waals surface area (Å²) in [7, 11) is -0.279. The average molecular weight is 122 g/mol. The summed E-state index contributed by atoms with van der Waals surface area (Å²) in [5.74, 6) is 0. The van der Waals surface area contributed by atoms with Gasteiger partial charge in [-0.25, -0.2) is 0 Å². The minimum absolute atomic E-state index is 0.279. The normalized spacial score (nSPS) is 12.0. The van der Waals surface area contributed by atoms with Gasteiger partial charge in [0, 0.05) is 0 Å². The lowest BCUT2D eigenvalue weighted by molar-refractivity contribution is 0.688. The fourth-order valence-electron chi connectivity index (χ4n) is 0.149. The molecule has 0 spiro atoms. The van der Waals surface area contributed by atoms with E-state index in [1.54, 1.807) is 0 Å². The van der Waals surface area contributed by atoms with Gasteiger partial charge in [0.2, 0.25) is 0 Å². The van der Waals surface area contributed by atoms with Crippen molar-refractivity contribution in [2.75, 3.05) is 0 Å². The van der Waals surface area contributed by atoms with Crippen molar-refractivity contribution >= 4 is 22.7 Å². The van der Waals surface area contributed by atoms with Crippen molar-refractivity contribution in [1.29, 1.82) is 0 Å². The van der Waals surface area contributed by atoms with E-state index in [0.29, 0.717) is 0 Å². The van der Waals surface area contributed by atoms with Crippen molar-refractivity contribution in [2.24, 2.45) is 0 Å². The highest BCUT2D eigenvalue weighted by Gasteiger charge is 1.89. The zero-order valence-electron chi connectivity index (χ0n) is 4.14. The Morgan fingerprint density at radius 1 is 1.67 bits per heavy atom. The van der Waals surface area contributed by atoms with Gasteiger partial charge >= 0.3 is 0 Å². The van der Waals surface area contributed by atoms with E-state index in [1.165, 1.54) is 0 Å². The third-order valence-corrected chi connectivity index (χ3v) is 1.67. The second kappa shape index (κ2) is 3.71. The molecular weight excluding hydrogens is 112 g/mol. The number of hydrogen-bond donors (Lipinski definition) is 1. The van der Waals surface area contributed by atoms with E-state index >= 15 is 0 Å². The molecule has 0 amide bonds. The van der Waals surface area contributed by atoms with Gasteiger partial charge in [-0.05, 0) is 18.5 Å². The summed E-state index contributed by atoms with van der Waals surface area (Å²) in [6.07, 6.45) is 0. The Morgan fingerprint density at radius 3 is 2.17 bits per heavy atom. The summed E-state index contributed by atoms with van der Waals surface area (Å²) in [6.45, 7) is 4.28. The van der Waals surface area contributed by atoms with Gasteiger partial charge in [0.25, 0.3) is 0 Å². The molecule has 0 heterocycles. The van der Waals surface area contributed by atoms with Crippen molar-refractivity contribution < 1.29 is 3.87 Å². The number of rotatable bonds is 2. The first kappa shape index (κ1) is 6.53. The Labute approximate surface area is 46.6 Å². The first-order chi connectivity index (χ1) is 2.77. The molecule has 0 rings (SSSR count). The molecular formula is C3H10OSSi. The highest BCUT2D eigenvalue weighted by atomic mass is 32.1. The lowest BCUT2D eigenvalue weighted by atomic mass is 10.6. The Balaban J connectivity index is 2.63. The fraction of sp³-hybridized carbons (Fsp3) is 1.00. The second-order valence-electron chi connectivity index (χ2n) is 1.69. The molecule has 0 saturated heterocycles. The Bertz CT molecular complexity index is 32.0. The molecule has 0 aliphatic heterocycles. The van der Waals surface area contributed by atoms with Crippen LogP contribution in [0.25, 0.3) is 0 Å². The lowest BCUT2D eigenvalue weighted by Crippen LogP contribution is -1.92. The Hall–Kier alpha value is 0.527. The minimum atomic E-state index is -0.279. The largest absolute Gasteiger partial charge is 0.367 e. The molecule has 0 bridgehead atoms. The van der Waals surface area contributed by atoms with E-state index in [4.69, 9.17) is 0 Å². The molecule has 0 radical (unpaired) electrons. The van der Waals surface area contributed by atoms with Crippen LogP contribution in [-0.4, -0.2) is 9.76 Å². The highest BCUT2D eigenvalue weighted by Crippen LogP contribution is 1.96. The topological polar surface area (TPSA) is 9.23 Å². The minimum Gasteiger partial charge on any atom is -0.367 e. The molecule has 0 saturated carbocycles. The van der Waals surface area contributed by atoms with Crippen molar-refractivity contribution in [3.63, 3.8) is 0 Å². The quantitative estimate of drug-likeness (QED) is 0.323. The third-order valence-electron chi connectivity index (χ3n) is 0.408. The second-order valence-corrected chi connectivity index (χ2v) is 4.69. The molecule has 0 aliphatic rings. The molecule has 0 aromatic carbocycles. The first-order valence-electron chi connectivity index (χ1n) is 2.03. The van der Waals surface area contributed by atoms with Crippen LogP contribution >= 0.6 is 12.9 Å². The van der Waals surface area contributed by atoms with Crippen molar-refractivity contribution in [3.8, 4) is 0 Å². The fourth-order valence-corrected chi connectivity index (χ4v) is 1.34. The maximum Gasteiger partial charge on any atom is 0.183 e. The average Bonchev–Trinajstić information content (AvgIpc) is 1.35. The van der Waals surface area contributed by atoms with Crippen molar-refractivity contribution in [2.45, 2.75) is 19.4 Å². The predicted octanol–water partition coefficient (Wildman–Crippen LogP) is 0.760. The van der Waals surface area contributed by atoms with Crippen LogP contribution in [0.15, 0.2) is 0 Å². The molecule has 0 aromatic heterocycles. The molecule has 0 unspecified atom stereocenters. The number of thiol groups is 1. The van der Waals surface area contributed by atoms with Crippen LogP contribution in [0.3, 0.4) is 0 Å². The SMILES string of the molecule is CC(C)[SiH2]OS. The van der Waals surface area contributed by atoms with Gasteiger partial charge in [-0.15, -0.1) is 0 Å². The van der Waals surface area contributed by atoms with Crippen LogP contribution in [0.1, 0.15) is 13.8 Å². The summed E-state index contributed by atoms with van der Waals surface area (Å²) in [5, 5.41) is 0. The molecule has 3 heteroatoms. The standard InChI is InChI=1S/C3H10OSSi/c1-3(2)6-4-5/h3,5H,6H2,1-2H3. The van der Waals surface area contributed by atoms with Gasteiger partial charge in [0.05, 0.1) is 0 Å². The molecule has 0 N–H and O–H groups in total. The van der Waals surface area contributed by atoms with Crippen LogP contribution in [0.5, 0.6) is 0 Å². The van der Waals surface area contributed by atoms with Crippen LogP contribution in [-0.2, 0) is 3.87 Å². The molecule has 0 fully saturated rings. The van der Waals surface area contributed by atoms with E-state index in [-0.39, 0.29) is 9.76 Å². The molecule has 0 aromatic rings. The monoisotopic (exact) mass is 122 g/mol. The van der Waals surface area contributed by atoms with Crippen LogP contribution in [0.4, 0.5) is 0 Å². The summed E-state index contributed by atoms with van der Waals surface area (Å²) < 4.78 is 4.64. The third kappa shape index (κ3) is 4.53. The van der Waals surface area contributed by atoms with Crippen LogP contribution in [0, 0.1) is 0 Å². The van der Waals surface area contributed by atoms with E-state index < -0.39 is 0 Å². The maximum atomic E-state index is 4.64. The first-order valence-corrected chi connectivity index (χ1v) is 3.79. The smallest absolute Gasteiger partial charge is 0.183 e. The number of hydrogen-bond acceptors (Lipinski definition) is 2. The van der Waals surface area contributed by atoms with Gasteiger partial charge < -0.3 is 3.87 Å². The molecule has 0 aliphatic carbocycles. The molecule has 0 atom stereocenters. The van der Waals surface area contributed by atoms with Crippen molar-refractivity contribution in [3.05, 3.63) is 0 Å². The lowest BCUT2D eigenvalue weighted by Gasteiger charge is -1.94. The van der Waals surface area contributed by atoms with E-state index in [1.807, 2.05) is 0 Å². The van der Waals surface area contributed by atoms with Crippen LogP contribution in [0.2, 0.25) is 5.54 Å².